The van der Waals surface area contributed by atoms with Crippen molar-refractivity contribution in [2.45, 2.75) is 38.4 Å². The monoisotopic (exact) mass is 511 g/mol. The van der Waals surface area contributed by atoms with Gasteiger partial charge in [0.1, 0.15) is 4.83 Å². The molecule has 1 aliphatic carbocycles. The second-order valence-electron chi connectivity index (χ2n) is 9.34. The molecule has 0 amide bonds. The average molecular weight is 512 g/mol. The molecule has 4 nitrogen and oxygen atoms in total. The molecule has 0 spiro atoms. The summed E-state index contributed by atoms with van der Waals surface area (Å²) in [6, 6.07) is 27.0. The normalized spacial score (nSPS) is 15.2. The molecule has 6 rings (SSSR count). The summed E-state index contributed by atoms with van der Waals surface area (Å²) in [6.45, 7) is 1.26. The zero-order valence-electron chi connectivity index (χ0n) is 19.8. The van der Waals surface area contributed by atoms with Crippen molar-refractivity contribution in [3.8, 4) is 11.1 Å². The van der Waals surface area contributed by atoms with Crippen LogP contribution in [-0.4, -0.2) is 15.6 Å². The number of halogens is 1. The number of rotatable bonds is 6. The number of hydrogen-bond acceptors (Lipinski definition) is 4. The summed E-state index contributed by atoms with van der Waals surface area (Å²) in [4.78, 5) is 20.4. The molecule has 1 atom stereocenters. The fraction of sp³-hybridized carbons (Fsp3) is 0.200. The van der Waals surface area contributed by atoms with Gasteiger partial charge in [0, 0.05) is 22.5 Å². The molecular weight excluding hydrogens is 486 g/mol. The molecule has 36 heavy (non-hydrogen) atoms. The lowest BCUT2D eigenvalue weighted by Crippen LogP contribution is -2.34. The van der Waals surface area contributed by atoms with Crippen molar-refractivity contribution in [1.82, 2.24) is 14.9 Å². The largest absolute Gasteiger partial charge is 0.309 e. The minimum Gasteiger partial charge on any atom is -0.309 e. The number of thiophene rings is 1. The van der Waals surface area contributed by atoms with E-state index in [4.69, 9.17) is 16.6 Å². The van der Waals surface area contributed by atoms with Gasteiger partial charge in [0.15, 0.2) is 0 Å². The van der Waals surface area contributed by atoms with Crippen LogP contribution in [0, 0.1) is 0 Å². The Kier molecular flexibility index (Phi) is 6.45. The average Bonchev–Trinajstić information content (AvgIpc) is 3.29. The molecule has 180 valence electrons. The molecule has 1 N–H and O–H groups in total. The molecule has 2 heterocycles. The van der Waals surface area contributed by atoms with Gasteiger partial charge in [-0.25, -0.2) is 4.98 Å². The van der Waals surface area contributed by atoms with Crippen molar-refractivity contribution < 1.29 is 0 Å². The quantitative estimate of drug-likeness (QED) is 0.284. The Morgan fingerprint density at radius 3 is 2.67 bits per heavy atom. The molecule has 0 saturated heterocycles. The van der Waals surface area contributed by atoms with Crippen LogP contribution in [0.2, 0.25) is 5.02 Å². The summed E-state index contributed by atoms with van der Waals surface area (Å²) < 4.78 is 1.75. The smallest absolute Gasteiger partial charge is 0.262 e. The van der Waals surface area contributed by atoms with Gasteiger partial charge in [-0.3, -0.25) is 9.36 Å². The van der Waals surface area contributed by atoms with E-state index in [0.717, 1.165) is 57.7 Å². The lowest BCUT2D eigenvalue weighted by molar-refractivity contribution is 0.463. The number of benzene rings is 3. The van der Waals surface area contributed by atoms with E-state index in [2.05, 4.69) is 47.8 Å². The highest BCUT2D eigenvalue weighted by Gasteiger charge is 2.25. The molecule has 0 bridgehead atoms. The lowest BCUT2D eigenvalue weighted by atomic mass is 9.93. The second kappa shape index (κ2) is 10.0. The Bertz CT molecular complexity index is 1590. The van der Waals surface area contributed by atoms with Crippen LogP contribution < -0.4 is 10.9 Å². The standard InChI is InChI=1S/C30H26ClN3OS/c31-26-12-5-4-10-23(26)17-32-24-13-14-25-27(16-24)36-29-28(25)30(35)34(19-33-29)18-20-7-6-11-22(15-20)21-8-2-1-3-9-21/h1-12,15,19,24,32H,13-14,16-18H2. The van der Waals surface area contributed by atoms with E-state index in [0.29, 0.717) is 12.6 Å². The summed E-state index contributed by atoms with van der Waals surface area (Å²) in [5.74, 6) is 0. The van der Waals surface area contributed by atoms with Crippen LogP contribution in [0.3, 0.4) is 0 Å². The van der Waals surface area contributed by atoms with E-state index in [9.17, 15) is 4.79 Å². The van der Waals surface area contributed by atoms with Crippen LogP contribution in [0.1, 0.15) is 28.0 Å². The first-order chi connectivity index (χ1) is 17.7. The van der Waals surface area contributed by atoms with Crippen LogP contribution in [0.4, 0.5) is 0 Å². The Hall–Kier alpha value is -3.25. The van der Waals surface area contributed by atoms with Gasteiger partial charge in [0.25, 0.3) is 5.56 Å². The van der Waals surface area contributed by atoms with Crippen molar-refractivity contribution in [3.05, 3.63) is 122 Å². The SMILES string of the molecule is O=c1c2c3c(sc2ncn1Cc1cccc(-c2ccccc2)c1)CC(NCc1ccccc1Cl)CC3. The lowest BCUT2D eigenvalue weighted by Gasteiger charge is -2.23. The maximum absolute atomic E-state index is 13.5. The number of nitrogens with one attached hydrogen (secondary N) is 1. The Morgan fingerprint density at radius 2 is 1.81 bits per heavy atom. The minimum absolute atomic E-state index is 0.0603. The highest BCUT2D eigenvalue weighted by atomic mass is 35.5. The maximum atomic E-state index is 13.5. The van der Waals surface area contributed by atoms with Gasteiger partial charge in [-0.15, -0.1) is 11.3 Å². The topological polar surface area (TPSA) is 46.9 Å². The van der Waals surface area contributed by atoms with E-state index >= 15 is 0 Å². The Balaban J connectivity index is 1.23. The first-order valence-electron chi connectivity index (χ1n) is 12.3. The van der Waals surface area contributed by atoms with Crippen molar-refractivity contribution in [1.29, 1.82) is 0 Å². The Morgan fingerprint density at radius 1 is 1.00 bits per heavy atom. The molecular formula is C30H26ClN3OS. The molecule has 6 heteroatoms. The first kappa shape index (κ1) is 23.2. The van der Waals surface area contributed by atoms with Crippen molar-refractivity contribution in [2.24, 2.45) is 0 Å². The zero-order valence-corrected chi connectivity index (χ0v) is 21.4. The highest BCUT2D eigenvalue weighted by molar-refractivity contribution is 7.18. The van der Waals surface area contributed by atoms with Gasteiger partial charge >= 0.3 is 0 Å². The molecule has 0 saturated carbocycles. The predicted octanol–water partition coefficient (Wildman–Crippen LogP) is 6.47. The van der Waals surface area contributed by atoms with E-state index in [1.165, 1.54) is 16.0 Å². The van der Waals surface area contributed by atoms with E-state index in [1.807, 2.05) is 36.4 Å². The number of aromatic nitrogens is 2. The predicted molar refractivity (Wildman–Crippen MR) is 149 cm³/mol. The second-order valence-corrected chi connectivity index (χ2v) is 10.8. The zero-order chi connectivity index (χ0) is 24.5. The molecule has 2 aromatic heterocycles. The van der Waals surface area contributed by atoms with Gasteiger partial charge in [-0.2, -0.15) is 0 Å². The first-order valence-corrected chi connectivity index (χ1v) is 13.5. The van der Waals surface area contributed by atoms with Gasteiger partial charge in [0.05, 0.1) is 18.3 Å². The van der Waals surface area contributed by atoms with Crippen molar-refractivity contribution in [3.63, 3.8) is 0 Å². The third kappa shape index (κ3) is 4.62. The van der Waals surface area contributed by atoms with Crippen molar-refractivity contribution in [2.75, 3.05) is 0 Å². The van der Waals surface area contributed by atoms with E-state index in [1.54, 1.807) is 22.2 Å². The van der Waals surface area contributed by atoms with Gasteiger partial charge in [-0.05, 0) is 59.2 Å². The fourth-order valence-electron chi connectivity index (χ4n) is 5.06. The Labute approximate surface area is 219 Å². The maximum Gasteiger partial charge on any atom is 0.262 e. The van der Waals surface area contributed by atoms with Gasteiger partial charge < -0.3 is 5.32 Å². The number of nitrogens with zero attached hydrogens (tertiary/aromatic N) is 2. The third-order valence-electron chi connectivity index (χ3n) is 6.96. The van der Waals surface area contributed by atoms with E-state index < -0.39 is 0 Å². The van der Waals surface area contributed by atoms with Gasteiger partial charge in [0.2, 0.25) is 0 Å². The van der Waals surface area contributed by atoms with Crippen LogP contribution in [0.25, 0.3) is 21.3 Å². The van der Waals surface area contributed by atoms with Crippen molar-refractivity contribution >= 4 is 33.2 Å². The number of hydrogen-bond donors (Lipinski definition) is 1. The molecule has 0 fully saturated rings. The van der Waals surface area contributed by atoms with Crippen LogP contribution >= 0.6 is 22.9 Å². The summed E-state index contributed by atoms with van der Waals surface area (Å²) in [5.41, 5.74) is 5.78. The van der Waals surface area contributed by atoms with Gasteiger partial charge in [-0.1, -0.05) is 78.3 Å². The van der Waals surface area contributed by atoms with Crippen LogP contribution in [0.15, 0.2) is 90.0 Å². The third-order valence-corrected chi connectivity index (χ3v) is 8.49. The summed E-state index contributed by atoms with van der Waals surface area (Å²) >= 11 is 7.99. The minimum atomic E-state index is 0.0603. The summed E-state index contributed by atoms with van der Waals surface area (Å²) in [5, 5.41) is 5.26. The van der Waals surface area contributed by atoms with Crippen LogP contribution in [0.5, 0.6) is 0 Å². The molecule has 1 aliphatic rings. The summed E-state index contributed by atoms with van der Waals surface area (Å²) in [6.07, 6.45) is 4.50. The number of fused-ring (bicyclic) bond motifs is 3. The highest BCUT2D eigenvalue weighted by Crippen LogP contribution is 2.34. The molecule has 0 aliphatic heterocycles. The molecule has 5 aromatic rings. The molecule has 1 unspecified atom stereocenters. The number of aryl methyl sites for hydroxylation is 1. The molecule has 3 aromatic carbocycles. The van der Waals surface area contributed by atoms with Crippen LogP contribution in [-0.2, 0) is 25.9 Å². The molecule has 0 radical (unpaired) electrons. The van der Waals surface area contributed by atoms with E-state index in [-0.39, 0.29) is 5.56 Å². The summed E-state index contributed by atoms with van der Waals surface area (Å²) in [7, 11) is 0. The fourth-order valence-corrected chi connectivity index (χ4v) is 6.52.